The molecule has 0 fully saturated rings. The fourth-order valence-electron chi connectivity index (χ4n) is 8.88. The van der Waals surface area contributed by atoms with Gasteiger partial charge in [0, 0.05) is 19.4 Å². The number of halogens is 1. The van der Waals surface area contributed by atoms with Crippen LogP contribution in [0.5, 0.6) is 0 Å². The molecule has 9 heteroatoms. The molecule has 382 valence electrons. The lowest BCUT2D eigenvalue weighted by Gasteiger charge is -2.38. The molecule has 0 aliphatic heterocycles. The van der Waals surface area contributed by atoms with Crippen molar-refractivity contribution < 1.29 is 45.5 Å². The summed E-state index contributed by atoms with van der Waals surface area (Å²) in [6.45, 7) is 7.96. The lowest BCUT2D eigenvalue weighted by Crippen LogP contribution is -3.00. The van der Waals surface area contributed by atoms with E-state index in [1.165, 1.54) is 193 Å². The standard InChI is InChI=1S/C55H108N2O6.ClH/c1-7-10-13-16-19-22-25-26-27-28-29-32-35-38-41-44-47-56-54(60)63-51-55(48-57(4,5)6,49-61-52(58)45-42-39-36-33-30-23-20-17-14-11-8-2)50-62-53(59)46-43-40-37-34-31-24-21-18-15-12-9-3;/h7-51H2,1-6H3;1H. The molecule has 0 unspecified atom stereocenters. The summed E-state index contributed by atoms with van der Waals surface area (Å²) in [6, 6.07) is 0. The van der Waals surface area contributed by atoms with E-state index in [-0.39, 0.29) is 44.2 Å². The minimum absolute atomic E-state index is 0. The second-order valence-corrected chi connectivity index (χ2v) is 20.6. The van der Waals surface area contributed by atoms with Gasteiger partial charge in [-0.15, -0.1) is 0 Å². The van der Waals surface area contributed by atoms with Gasteiger partial charge in [-0.05, 0) is 19.3 Å². The molecule has 0 atom stereocenters. The average molecular weight is 930 g/mol. The maximum absolute atomic E-state index is 13.0. The smallest absolute Gasteiger partial charge is 0.407 e. The van der Waals surface area contributed by atoms with Gasteiger partial charge in [0.05, 0.1) is 27.7 Å². The molecule has 0 rings (SSSR count). The highest BCUT2D eigenvalue weighted by Gasteiger charge is 2.41. The number of hydrogen-bond acceptors (Lipinski definition) is 6. The Balaban J connectivity index is 0. The van der Waals surface area contributed by atoms with Crippen LogP contribution in [-0.2, 0) is 23.8 Å². The van der Waals surface area contributed by atoms with Crippen LogP contribution in [0.25, 0.3) is 0 Å². The SMILES string of the molecule is CCCCCCCCCCCCCCCCCCNC(=O)OCC(COC(=O)CCCCCCCCCCCCC)(COC(=O)CCCCCCCCCCCCC)C[N+](C)(C)C.[Cl-]. The molecule has 1 N–H and O–H groups in total. The number of nitrogens with zero attached hydrogens (tertiary/aromatic N) is 1. The van der Waals surface area contributed by atoms with Crippen molar-refractivity contribution in [1.82, 2.24) is 5.32 Å². The number of esters is 2. The number of carbonyl (C=O) groups is 3. The summed E-state index contributed by atoms with van der Waals surface area (Å²) in [5.74, 6) is -0.478. The molecule has 0 aliphatic carbocycles. The van der Waals surface area contributed by atoms with Crippen molar-refractivity contribution in [1.29, 1.82) is 0 Å². The normalized spacial score (nSPS) is 11.7. The summed E-state index contributed by atoms with van der Waals surface area (Å²) in [7, 11) is 6.19. The predicted molar refractivity (Wildman–Crippen MR) is 268 cm³/mol. The number of amides is 1. The molecule has 1 amide bonds. The first-order valence-corrected chi connectivity index (χ1v) is 27.6. The molecule has 8 nitrogen and oxygen atoms in total. The zero-order valence-electron chi connectivity index (χ0n) is 43.6. The van der Waals surface area contributed by atoms with E-state index in [1.54, 1.807) is 0 Å². The van der Waals surface area contributed by atoms with Crippen molar-refractivity contribution >= 4 is 18.0 Å². The van der Waals surface area contributed by atoms with Gasteiger partial charge in [-0.1, -0.05) is 245 Å². The molecular weight excluding hydrogens is 820 g/mol. The van der Waals surface area contributed by atoms with Crippen LogP contribution in [0.3, 0.4) is 0 Å². The second-order valence-electron chi connectivity index (χ2n) is 20.6. The third-order valence-electron chi connectivity index (χ3n) is 12.7. The van der Waals surface area contributed by atoms with Crippen molar-refractivity contribution in [2.75, 3.05) is 54.1 Å². The van der Waals surface area contributed by atoms with Gasteiger partial charge in [0.15, 0.2) is 0 Å². The third kappa shape index (κ3) is 47.0. The summed E-state index contributed by atoms with van der Waals surface area (Å²) in [5.41, 5.74) is -0.858. The van der Waals surface area contributed by atoms with Crippen LogP contribution in [0.2, 0.25) is 0 Å². The maximum atomic E-state index is 13.0. The molecule has 0 aromatic carbocycles. The van der Waals surface area contributed by atoms with Crippen molar-refractivity contribution in [3.05, 3.63) is 0 Å². The van der Waals surface area contributed by atoms with E-state index in [9.17, 15) is 14.4 Å². The third-order valence-corrected chi connectivity index (χ3v) is 12.7. The Bertz CT molecular complexity index is 979. The summed E-state index contributed by atoms with van der Waals surface area (Å²) in [5, 5.41) is 2.94. The Morgan fingerprint density at radius 3 is 0.906 bits per heavy atom. The zero-order valence-corrected chi connectivity index (χ0v) is 44.4. The lowest BCUT2D eigenvalue weighted by molar-refractivity contribution is -0.877. The summed E-state index contributed by atoms with van der Waals surface area (Å²) in [6.07, 6.45) is 48.2. The van der Waals surface area contributed by atoms with Crippen LogP contribution in [0.4, 0.5) is 4.79 Å². The van der Waals surface area contributed by atoms with Gasteiger partial charge < -0.3 is 36.4 Å². The van der Waals surface area contributed by atoms with E-state index in [1.807, 2.05) is 0 Å². The predicted octanol–water partition coefficient (Wildman–Crippen LogP) is 13.2. The number of nitrogens with one attached hydrogen (secondary N) is 1. The summed E-state index contributed by atoms with van der Waals surface area (Å²) < 4.78 is 18.2. The lowest BCUT2D eigenvalue weighted by atomic mass is 9.89. The fraction of sp³-hybridized carbons (Fsp3) is 0.945. The highest BCUT2D eigenvalue weighted by atomic mass is 35.5. The summed E-state index contributed by atoms with van der Waals surface area (Å²) in [4.78, 5) is 39.1. The highest BCUT2D eigenvalue weighted by Crippen LogP contribution is 2.25. The molecule has 0 spiro atoms. The molecule has 0 saturated heterocycles. The van der Waals surface area contributed by atoms with E-state index in [4.69, 9.17) is 14.2 Å². The van der Waals surface area contributed by atoms with E-state index in [2.05, 4.69) is 47.2 Å². The van der Waals surface area contributed by atoms with Crippen molar-refractivity contribution in [3.8, 4) is 0 Å². The Morgan fingerprint density at radius 1 is 0.375 bits per heavy atom. The number of ether oxygens (including phenoxy) is 3. The average Bonchev–Trinajstić information content (AvgIpc) is 3.25. The molecule has 0 aliphatic rings. The monoisotopic (exact) mass is 929 g/mol. The Hall–Kier alpha value is -1.54. The molecule has 64 heavy (non-hydrogen) atoms. The highest BCUT2D eigenvalue weighted by molar-refractivity contribution is 5.70. The van der Waals surface area contributed by atoms with Gasteiger partial charge in [-0.25, -0.2) is 4.79 Å². The Morgan fingerprint density at radius 2 is 0.625 bits per heavy atom. The molecular formula is C55H109ClN2O6. The van der Waals surface area contributed by atoms with Crippen LogP contribution in [-0.4, -0.2) is 76.6 Å². The molecule has 0 aromatic rings. The van der Waals surface area contributed by atoms with Crippen LogP contribution in [0.15, 0.2) is 0 Å². The van der Waals surface area contributed by atoms with Crippen molar-refractivity contribution in [2.45, 2.75) is 278 Å². The van der Waals surface area contributed by atoms with E-state index in [0.29, 0.717) is 30.4 Å². The molecule has 0 bridgehead atoms. The van der Waals surface area contributed by atoms with Crippen LogP contribution in [0.1, 0.15) is 278 Å². The Labute approximate surface area is 404 Å². The number of unbranched alkanes of at least 4 members (excludes halogenated alkanes) is 35. The van der Waals surface area contributed by atoms with E-state index < -0.39 is 11.5 Å². The van der Waals surface area contributed by atoms with Gasteiger partial charge in [-0.3, -0.25) is 9.59 Å². The largest absolute Gasteiger partial charge is 1.00 e. The van der Waals surface area contributed by atoms with E-state index >= 15 is 0 Å². The number of alkyl carbamates (subject to hydrolysis) is 1. The minimum Gasteiger partial charge on any atom is -1.00 e. The molecule has 0 heterocycles. The molecule has 0 radical (unpaired) electrons. The topological polar surface area (TPSA) is 90.9 Å². The zero-order chi connectivity index (χ0) is 46.4. The maximum Gasteiger partial charge on any atom is 0.407 e. The first-order valence-electron chi connectivity index (χ1n) is 27.6. The van der Waals surface area contributed by atoms with Crippen LogP contribution < -0.4 is 17.7 Å². The van der Waals surface area contributed by atoms with E-state index in [0.717, 1.165) is 51.4 Å². The minimum atomic E-state index is -0.858. The van der Waals surface area contributed by atoms with Crippen molar-refractivity contribution in [2.24, 2.45) is 5.41 Å². The number of quaternary nitrogens is 1. The quantitative estimate of drug-likeness (QED) is 0.0283. The summed E-state index contributed by atoms with van der Waals surface area (Å²) >= 11 is 0. The first kappa shape index (κ1) is 64.5. The molecule has 0 aromatic heterocycles. The van der Waals surface area contributed by atoms with Gasteiger partial charge in [0.25, 0.3) is 0 Å². The van der Waals surface area contributed by atoms with Crippen molar-refractivity contribution in [3.63, 3.8) is 0 Å². The van der Waals surface area contributed by atoms with Gasteiger partial charge in [-0.2, -0.15) is 0 Å². The van der Waals surface area contributed by atoms with Crippen LogP contribution in [0, 0.1) is 5.41 Å². The number of carbonyl (C=O) groups excluding carboxylic acids is 3. The van der Waals surface area contributed by atoms with Crippen LogP contribution >= 0.6 is 0 Å². The van der Waals surface area contributed by atoms with Gasteiger partial charge >= 0.3 is 18.0 Å². The molecule has 0 saturated carbocycles. The van der Waals surface area contributed by atoms with Gasteiger partial charge in [0.1, 0.15) is 25.2 Å². The number of hydrogen-bond donors (Lipinski definition) is 1. The Kier molecular flexibility index (Phi) is 48.3. The van der Waals surface area contributed by atoms with Gasteiger partial charge in [0.2, 0.25) is 0 Å². The first-order chi connectivity index (χ1) is 30.6. The number of rotatable bonds is 49. The fourth-order valence-corrected chi connectivity index (χ4v) is 8.88. The second kappa shape index (κ2) is 47.9.